The number of aryl methyl sites for hydroxylation is 1. The molecule has 0 spiro atoms. The predicted octanol–water partition coefficient (Wildman–Crippen LogP) is 3.24. The van der Waals surface area contributed by atoms with Gasteiger partial charge in [0.15, 0.2) is 5.75 Å². The van der Waals surface area contributed by atoms with Gasteiger partial charge in [0.1, 0.15) is 11.3 Å². The van der Waals surface area contributed by atoms with E-state index in [2.05, 4.69) is 16.3 Å². The molecule has 1 saturated carbocycles. The number of esters is 1. The maximum atomic E-state index is 11.9. The van der Waals surface area contributed by atoms with Crippen molar-refractivity contribution in [3.05, 3.63) is 47.3 Å². The first-order valence-electron chi connectivity index (χ1n) is 6.87. The van der Waals surface area contributed by atoms with E-state index in [9.17, 15) is 4.79 Å². The largest absolute Gasteiger partial charge is 0.465 e. The molecule has 1 fully saturated rings. The monoisotopic (exact) mass is 284 g/mol. The van der Waals surface area contributed by atoms with Crippen LogP contribution in [0.15, 0.2) is 30.5 Å². The summed E-state index contributed by atoms with van der Waals surface area (Å²) in [7, 11) is 1.33. The Kier molecular flexibility index (Phi) is 3.56. The van der Waals surface area contributed by atoms with Crippen molar-refractivity contribution in [2.24, 2.45) is 0 Å². The van der Waals surface area contributed by atoms with Crippen LogP contribution in [0.25, 0.3) is 0 Å². The van der Waals surface area contributed by atoms with Crippen LogP contribution >= 0.6 is 0 Å². The van der Waals surface area contributed by atoms with Gasteiger partial charge in [-0.1, -0.05) is 12.1 Å². The van der Waals surface area contributed by atoms with E-state index in [0.717, 1.165) is 0 Å². The zero-order valence-corrected chi connectivity index (χ0v) is 12.0. The number of benzene rings is 1. The van der Waals surface area contributed by atoms with Crippen LogP contribution in [0.4, 0.5) is 0 Å². The molecule has 0 saturated heterocycles. The molecule has 1 heterocycles. The van der Waals surface area contributed by atoms with Crippen molar-refractivity contribution in [1.82, 2.24) is 10.2 Å². The van der Waals surface area contributed by atoms with Gasteiger partial charge in [0, 0.05) is 0 Å². The van der Waals surface area contributed by atoms with Crippen molar-refractivity contribution in [1.29, 1.82) is 0 Å². The normalized spacial score (nSPS) is 13.8. The van der Waals surface area contributed by atoms with E-state index in [0.29, 0.717) is 28.7 Å². The van der Waals surface area contributed by atoms with Gasteiger partial charge in [0.2, 0.25) is 0 Å². The molecule has 0 N–H and O–H groups in total. The maximum absolute atomic E-state index is 11.9. The maximum Gasteiger partial charge on any atom is 0.343 e. The van der Waals surface area contributed by atoms with Crippen LogP contribution in [0.5, 0.6) is 11.5 Å². The molecule has 1 aromatic carbocycles. The van der Waals surface area contributed by atoms with Crippen molar-refractivity contribution in [3.8, 4) is 11.5 Å². The molecule has 0 bridgehead atoms. The van der Waals surface area contributed by atoms with Crippen LogP contribution < -0.4 is 4.74 Å². The lowest BCUT2D eigenvalue weighted by Gasteiger charge is -2.11. The Hall–Kier alpha value is -2.43. The minimum atomic E-state index is -0.476. The lowest BCUT2D eigenvalue weighted by atomic mass is 10.1. The molecule has 0 amide bonds. The van der Waals surface area contributed by atoms with E-state index in [1.807, 2.05) is 18.2 Å². The van der Waals surface area contributed by atoms with Gasteiger partial charge in [-0.3, -0.25) is 0 Å². The van der Waals surface area contributed by atoms with Crippen LogP contribution in [-0.4, -0.2) is 23.3 Å². The second-order valence-corrected chi connectivity index (χ2v) is 5.11. The highest BCUT2D eigenvalue weighted by Gasteiger charge is 2.24. The summed E-state index contributed by atoms with van der Waals surface area (Å²) in [6, 6.07) is 7.93. The van der Waals surface area contributed by atoms with E-state index in [4.69, 9.17) is 9.47 Å². The minimum absolute atomic E-state index is 0.310. The van der Waals surface area contributed by atoms with E-state index >= 15 is 0 Å². The van der Waals surface area contributed by atoms with Gasteiger partial charge >= 0.3 is 5.97 Å². The standard InChI is InChI=1S/C16H16N2O3/c1-10-15(16(19)20-2)14(9-17-18-10)21-13-5-3-4-12(8-13)11-6-7-11/h3-5,8-9,11H,6-7H2,1-2H3. The first-order chi connectivity index (χ1) is 10.2. The van der Waals surface area contributed by atoms with Crippen LogP contribution in [0.2, 0.25) is 0 Å². The molecule has 108 valence electrons. The highest BCUT2D eigenvalue weighted by Crippen LogP contribution is 2.41. The summed E-state index contributed by atoms with van der Waals surface area (Å²) < 4.78 is 10.6. The zero-order chi connectivity index (χ0) is 14.8. The minimum Gasteiger partial charge on any atom is -0.465 e. The summed E-state index contributed by atoms with van der Waals surface area (Å²) in [5.41, 5.74) is 2.06. The fraction of sp³-hybridized carbons (Fsp3) is 0.312. The number of hydrogen-bond acceptors (Lipinski definition) is 5. The van der Waals surface area contributed by atoms with Gasteiger partial charge < -0.3 is 9.47 Å². The van der Waals surface area contributed by atoms with Gasteiger partial charge in [0.25, 0.3) is 0 Å². The summed E-state index contributed by atoms with van der Waals surface area (Å²) in [5.74, 6) is 1.22. The number of carbonyl (C=O) groups is 1. The Morgan fingerprint density at radius 3 is 2.86 bits per heavy atom. The number of nitrogens with zero attached hydrogens (tertiary/aromatic N) is 2. The number of aromatic nitrogens is 2. The van der Waals surface area contributed by atoms with Crippen molar-refractivity contribution in [2.75, 3.05) is 7.11 Å². The van der Waals surface area contributed by atoms with Gasteiger partial charge in [-0.2, -0.15) is 10.2 Å². The molecule has 1 aliphatic carbocycles. The van der Waals surface area contributed by atoms with E-state index in [1.54, 1.807) is 6.92 Å². The molecule has 0 atom stereocenters. The third-order valence-corrected chi connectivity index (χ3v) is 3.52. The summed E-state index contributed by atoms with van der Waals surface area (Å²) >= 11 is 0. The molecule has 2 aromatic rings. The number of hydrogen-bond donors (Lipinski definition) is 0. The van der Waals surface area contributed by atoms with E-state index < -0.39 is 5.97 Å². The highest BCUT2D eigenvalue weighted by molar-refractivity contribution is 5.93. The predicted molar refractivity (Wildman–Crippen MR) is 76.6 cm³/mol. The van der Waals surface area contributed by atoms with Gasteiger partial charge in [0.05, 0.1) is 19.0 Å². The first kappa shape index (κ1) is 13.5. The van der Waals surface area contributed by atoms with Crippen LogP contribution in [0.3, 0.4) is 0 Å². The Balaban J connectivity index is 1.92. The first-order valence-corrected chi connectivity index (χ1v) is 6.87. The Bertz CT molecular complexity index is 681. The van der Waals surface area contributed by atoms with Gasteiger partial charge in [-0.05, 0) is 43.4 Å². The van der Waals surface area contributed by atoms with Crippen molar-refractivity contribution in [3.63, 3.8) is 0 Å². The molecular formula is C16H16N2O3. The quantitative estimate of drug-likeness (QED) is 0.806. The summed E-state index contributed by atoms with van der Waals surface area (Å²) in [6.07, 6.45) is 3.89. The van der Waals surface area contributed by atoms with Gasteiger partial charge in [-0.25, -0.2) is 4.79 Å². The number of methoxy groups -OCH3 is 1. The average Bonchev–Trinajstić information content (AvgIpc) is 3.32. The molecule has 1 aromatic heterocycles. The molecular weight excluding hydrogens is 268 g/mol. The topological polar surface area (TPSA) is 61.3 Å². The molecule has 5 nitrogen and oxygen atoms in total. The third-order valence-electron chi connectivity index (χ3n) is 3.52. The second kappa shape index (κ2) is 5.52. The lowest BCUT2D eigenvalue weighted by Crippen LogP contribution is -2.08. The molecule has 3 rings (SSSR count). The average molecular weight is 284 g/mol. The summed E-state index contributed by atoms with van der Waals surface area (Å²) in [6.45, 7) is 1.70. The second-order valence-electron chi connectivity index (χ2n) is 5.11. The number of carbonyl (C=O) groups excluding carboxylic acids is 1. The number of ether oxygens (including phenoxy) is 2. The van der Waals surface area contributed by atoms with E-state index in [-0.39, 0.29) is 0 Å². The fourth-order valence-electron chi connectivity index (χ4n) is 2.26. The fourth-order valence-corrected chi connectivity index (χ4v) is 2.26. The summed E-state index contributed by atoms with van der Waals surface area (Å²) in [5, 5.41) is 7.72. The molecule has 0 aliphatic heterocycles. The van der Waals surface area contributed by atoms with Crippen molar-refractivity contribution < 1.29 is 14.3 Å². The Morgan fingerprint density at radius 2 is 2.14 bits per heavy atom. The Morgan fingerprint density at radius 1 is 1.33 bits per heavy atom. The smallest absolute Gasteiger partial charge is 0.343 e. The molecule has 1 aliphatic rings. The zero-order valence-electron chi connectivity index (χ0n) is 12.0. The van der Waals surface area contributed by atoms with Crippen LogP contribution in [-0.2, 0) is 4.74 Å². The lowest BCUT2D eigenvalue weighted by molar-refractivity contribution is 0.0596. The summed E-state index contributed by atoms with van der Waals surface area (Å²) in [4.78, 5) is 11.9. The third kappa shape index (κ3) is 2.86. The SMILES string of the molecule is COC(=O)c1c(Oc2cccc(C3CC3)c2)cnnc1C. The molecule has 0 radical (unpaired) electrons. The Labute approximate surface area is 122 Å². The molecule has 21 heavy (non-hydrogen) atoms. The number of rotatable bonds is 4. The van der Waals surface area contributed by atoms with Crippen molar-refractivity contribution in [2.45, 2.75) is 25.7 Å². The van der Waals surface area contributed by atoms with Gasteiger partial charge in [-0.15, -0.1) is 0 Å². The highest BCUT2D eigenvalue weighted by atomic mass is 16.5. The molecule has 0 unspecified atom stereocenters. The van der Waals surface area contributed by atoms with Crippen molar-refractivity contribution >= 4 is 5.97 Å². The van der Waals surface area contributed by atoms with E-state index in [1.165, 1.54) is 31.7 Å². The van der Waals surface area contributed by atoms with Crippen LogP contribution in [0.1, 0.15) is 40.4 Å². The molecule has 5 heteroatoms. The van der Waals surface area contributed by atoms with Crippen LogP contribution in [0, 0.1) is 6.92 Å².